The number of anilines is 1. The van der Waals surface area contributed by atoms with Crippen LogP contribution in [0.1, 0.15) is 18.1 Å². The van der Waals surface area contributed by atoms with Crippen molar-refractivity contribution in [2.45, 2.75) is 18.7 Å². The van der Waals surface area contributed by atoms with Crippen molar-refractivity contribution in [3.05, 3.63) is 58.1 Å². The number of fused-ring (bicyclic) bond motifs is 1. The van der Waals surface area contributed by atoms with Crippen LogP contribution >= 0.6 is 23.2 Å². The van der Waals surface area contributed by atoms with E-state index in [0.29, 0.717) is 47.5 Å². The summed E-state index contributed by atoms with van der Waals surface area (Å²) in [5.41, 5.74) is 1.22. The number of hydrogen-bond acceptors (Lipinski definition) is 4. The molecule has 4 rings (SSSR count). The van der Waals surface area contributed by atoms with Crippen molar-refractivity contribution in [2.75, 3.05) is 37.7 Å². The number of alkyl halides is 3. The van der Waals surface area contributed by atoms with Gasteiger partial charge in [0.1, 0.15) is 5.75 Å². The van der Waals surface area contributed by atoms with Crippen molar-refractivity contribution in [1.82, 2.24) is 4.90 Å². The maximum atomic E-state index is 13.2. The lowest BCUT2D eigenvalue weighted by Gasteiger charge is -2.34. The summed E-state index contributed by atoms with van der Waals surface area (Å²) in [6, 6.07) is 11.0. The molecule has 3 atom stereocenters. The van der Waals surface area contributed by atoms with Gasteiger partial charge in [0.25, 0.3) is 0 Å². The number of aliphatic hydroxyl groups excluding tert-OH is 1. The molecule has 2 aromatic carbocycles. The maximum absolute atomic E-state index is 13.2. The second kappa shape index (κ2) is 9.70. The van der Waals surface area contributed by atoms with Gasteiger partial charge in [0.15, 0.2) is 6.61 Å². The third-order valence-electron chi connectivity index (χ3n) is 6.13. The van der Waals surface area contributed by atoms with Crippen LogP contribution in [0.2, 0.25) is 10.0 Å². The molecule has 5 nitrogen and oxygen atoms in total. The molecule has 0 aliphatic carbocycles. The van der Waals surface area contributed by atoms with Crippen LogP contribution in [0, 0.1) is 11.8 Å². The lowest BCUT2D eigenvalue weighted by atomic mass is 9.87. The number of carbonyl (C=O) groups excluding carboxylic acids is 1. The van der Waals surface area contributed by atoms with Gasteiger partial charge in [-0.05, 0) is 48.7 Å². The van der Waals surface area contributed by atoms with Gasteiger partial charge >= 0.3 is 6.18 Å². The number of piperidine rings is 1. The summed E-state index contributed by atoms with van der Waals surface area (Å²) in [5, 5.41) is 11.5. The Morgan fingerprint density at radius 1 is 1.12 bits per heavy atom. The summed E-state index contributed by atoms with van der Waals surface area (Å²) >= 11 is 12.1. The highest BCUT2D eigenvalue weighted by atomic mass is 35.5. The molecule has 1 N–H and O–H groups in total. The zero-order valence-electron chi connectivity index (χ0n) is 17.6. The normalized spacial score (nSPS) is 22.4. The van der Waals surface area contributed by atoms with E-state index in [1.54, 1.807) is 35.2 Å². The standard InChI is InChI=1S/C23H23Cl2F3N2O3/c24-15-1-6-18(20(25)9-15)21(31)12-29-10-14-7-8-30(22(32)19(14)11-29)16-2-4-17(5-3-16)33-13-23(26,27)28/h1-6,9,14,19,21,31H,7-8,10-13H2/t14-,19+,21?/m1/s1. The van der Waals surface area contributed by atoms with E-state index >= 15 is 0 Å². The molecule has 178 valence electrons. The van der Waals surface area contributed by atoms with E-state index in [0.717, 1.165) is 6.42 Å². The fraction of sp³-hybridized carbons (Fsp3) is 0.435. The van der Waals surface area contributed by atoms with Crippen molar-refractivity contribution in [1.29, 1.82) is 0 Å². The molecule has 2 fully saturated rings. The quantitative estimate of drug-likeness (QED) is 0.606. The molecule has 2 aliphatic heterocycles. The molecule has 1 unspecified atom stereocenters. The largest absolute Gasteiger partial charge is 0.484 e. The third-order valence-corrected chi connectivity index (χ3v) is 6.69. The van der Waals surface area contributed by atoms with Crippen molar-refractivity contribution in [3.8, 4) is 5.75 Å². The molecule has 2 aliphatic rings. The first-order valence-electron chi connectivity index (χ1n) is 10.6. The van der Waals surface area contributed by atoms with Gasteiger partial charge in [0.2, 0.25) is 5.91 Å². The summed E-state index contributed by atoms with van der Waals surface area (Å²) in [6.45, 7) is 0.752. The van der Waals surface area contributed by atoms with Crippen LogP contribution in [0.25, 0.3) is 0 Å². The smallest absolute Gasteiger partial charge is 0.422 e. The first-order chi connectivity index (χ1) is 15.6. The minimum Gasteiger partial charge on any atom is -0.484 e. The molecule has 0 spiro atoms. The summed E-state index contributed by atoms with van der Waals surface area (Å²) in [4.78, 5) is 16.9. The highest BCUT2D eigenvalue weighted by Gasteiger charge is 2.43. The highest BCUT2D eigenvalue weighted by molar-refractivity contribution is 6.35. The van der Waals surface area contributed by atoms with Crippen LogP contribution < -0.4 is 9.64 Å². The predicted octanol–water partition coefficient (Wildman–Crippen LogP) is 4.95. The Bertz CT molecular complexity index is 1000. The molecule has 0 saturated carbocycles. The van der Waals surface area contributed by atoms with Crippen LogP contribution in [0.15, 0.2) is 42.5 Å². The van der Waals surface area contributed by atoms with Gasteiger partial charge in [-0.25, -0.2) is 0 Å². The molecule has 10 heteroatoms. The number of amides is 1. The van der Waals surface area contributed by atoms with Gasteiger partial charge in [-0.1, -0.05) is 29.3 Å². The average Bonchev–Trinajstić information content (AvgIpc) is 3.16. The second-order valence-electron chi connectivity index (χ2n) is 8.44. The molecule has 2 aromatic rings. The zero-order valence-corrected chi connectivity index (χ0v) is 19.1. The Morgan fingerprint density at radius 3 is 2.52 bits per heavy atom. The summed E-state index contributed by atoms with van der Waals surface area (Å²) in [6.07, 6.45) is -4.40. The first-order valence-corrected chi connectivity index (χ1v) is 11.3. The topological polar surface area (TPSA) is 53.0 Å². The van der Waals surface area contributed by atoms with Crippen molar-refractivity contribution in [2.24, 2.45) is 11.8 Å². The third kappa shape index (κ3) is 5.74. The molecular formula is C23H23Cl2F3N2O3. The fourth-order valence-corrected chi connectivity index (χ4v) is 5.08. The molecule has 2 heterocycles. The summed E-state index contributed by atoms with van der Waals surface area (Å²) < 4.78 is 41.7. The van der Waals surface area contributed by atoms with E-state index in [-0.39, 0.29) is 23.5 Å². The number of aliphatic hydroxyl groups is 1. The highest BCUT2D eigenvalue weighted by Crippen LogP contribution is 2.36. The molecule has 33 heavy (non-hydrogen) atoms. The second-order valence-corrected chi connectivity index (χ2v) is 9.29. The van der Waals surface area contributed by atoms with Crippen LogP contribution in [0.3, 0.4) is 0 Å². The van der Waals surface area contributed by atoms with E-state index in [1.807, 2.05) is 0 Å². The zero-order chi connectivity index (χ0) is 23.8. The number of rotatable bonds is 6. The maximum Gasteiger partial charge on any atom is 0.422 e. The summed E-state index contributed by atoms with van der Waals surface area (Å²) in [7, 11) is 0. The van der Waals surface area contributed by atoms with Crippen molar-refractivity contribution >= 4 is 34.8 Å². The van der Waals surface area contributed by atoms with Crippen LogP contribution in [0.4, 0.5) is 18.9 Å². The van der Waals surface area contributed by atoms with Crippen LogP contribution in [-0.4, -0.2) is 54.9 Å². The van der Waals surface area contributed by atoms with Gasteiger partial charge < -0.3 is 14.7 Å². The number of ether oxygens (including phenoxy) is 1. The Hall–Kier alpha value is -2.00. The molecule has 0 bridgehead atoms. The van der Waals surface area contributed by atoms with E-state index < -0.39 is 18.9 Å². The van der Waals surface area contributed by atoms with Crippen LogP contribution in [-0.2, 0) is 4.79 Å². The van der Waals surface area contributed by atoms with Gasteiger partial charge in [-0.3, -0.25) is 9.69 Å². The summed E-state index contributed by atoms with van der Waals surface area (Å²) in [5.74, 6) is 0.0702. The molecule has 1 amide bonds. The lowest BCUT2D eigenvalue weighted by Crippen LogP contribution is -2.45. The monoisotopic (exact) mass is 502 g/mol. The van der Waals surface area contributed by atoms with Gasteiger partial charge in [0, 0.05) is 47.5 Å². The van der Waals surface area contributed by atoms with Gasteiger partial charge in [-0.2, -0.15) is 13.2 Å². The fourth-order valence-electron chi connectivity index (χ4n) is 4.55. The van der Waals surface area contributed by atoms with Gasteiger partial charge in [0.05, 0.1) is 12.0 Å². The molecular weight excluding hydrogens is 480 g/mol. The van der Waals surface area contributed by atoms with E-state index in [9.17, 15) is 23.1 Å². The Kier molecular flexibility index (Phi) is 7.09. The molecule has 0 aromatic heterocycles. The minimum atomic E-state index is -4.41. The van der Waals surface area contributed by atoms with Crippen LogP contribution in [0.5, 0.6) is 5.75 Å². The van der Waals surface area contributed by atoms with Gasteiger partial charge in [-0.15, -0.1) is 0 Å². The number of hydrogen-bond donors (Lipinski definition) is 1. The minimum absolute atomic E-state index is 0.0169. The Morgan fingerprint density at radius 2 is 1.85 bits per heavy atom. The lowest BCUT2D eigenvalue weighted by molar-refractivity contribution is -0.153. The SMILES string of the molecule is O=C1[C@H]2CN(CC(O)c3ccc(Cl)cc3Cl)C[C@H]2CCN1c1ccc(OCC(F)(F)F)cc1. The number of β-amino-alcohol motifs (C(OH)–C–C–N with tert-alkyl or cyclic N) is 1. The average molecular weight is 503 g/mol. The van der Waals surface area contributed by atoms with E-state index in [4.69, 9.17) is 27.9 Å². The first kappa shape index (κ1) is 24.1. The predicted molar refractivity (Wildman–Crippen MR) is 120 cm³/mol. The van der Waals surface area contributed by atoms with E-state index in [2.05, 4.69) is 4.90 Å². The molecule has 2 saturated heterocycles. The molecule has 0 radical (unpaired) electrons. The number of likely N-dealkylation sites (tertiary alicyclic amines) is 1. The van der Waals surface area contributed by atoms with Crippen molar-refractivity contribution < 1.29 is 27.8 Å². The Labute approximate surface area is 199 Å². The number of carbonyl (C=O) groups is 1. The number of nitrogens with zero attached hydrogens (tertiary/aromatic N) is 2. The van der Waals surface area contributed by atoms with E-state index in [1.165, 1.54) is 12.1 Å². The Balaban J connectivity index is 1.37. The van der Waals surface area contributed by atoms with Crippen molar-refractivity contribution in [3.63, 3.8) is 0 Å². The number of benzene rings is 2. The number of halogens is 5.